The molecule has 6 aliphatic carbocycles. The quantitative estimate of drug-likeness (QED) is 0.544. The number of hydrogen-bond donors (Lipinski definition) is 0. The molecular formula is C14H22. The van der Waals surface area contributed by atoms with E-state index in [4.69, 9.17) is 0 Å². The molecule has 6 rings (SSSR count). The highest BCUT2D eigenvalue weighted by Crippen LogP contribution is 2.93. The largest absolute Gasteiger partial charge is 0.0617 e. The van der Waals surface area contributed by atoms with Crippen molar-refractivity contribution >= 4 is 0 Å². The Morgan fingerprint density at radius 1 is 1.00 bits per heavy atom. The fourth-order valence-corrected chi connectivity index (χ4v) is 7.37. The molecule has 0 aromatic rings. The zero-order valence-electron chi connectivity index (χ0n) is 9.98. The molecule has 6 aliphatic rings. The zero-order chi connectivity index (χ0) is 9.98. The van der Waals surface area contributed by atoms with Gasteiger partial charge in [-0.3, -0.25) is 0 Å². The Bertz CT molecular complexity index is 346. The molecule has 0 aromatic heterocycles. The smallest absolute Gasteiger partial charge is 0.0186 e. The monoisotopic (exact) mass is 190 g/mol. The third-order valence-electron chi connectivity index (χ3n) is 7.64. The molecule has 0 N–H and O–H groups in total. The zero-order valence-corrected chi connectivity index (χ0v) is 9.98. The van der Waals surface area contributed by atoms with Crippen molar-refractivity contribution in [2.24, 2.45) is 33.5 Å². The summed E-state index contributed by atoms with van der Waals surface area (Å²) in [6.07, 6.45) is 6.25. The first-order valence-electron chi connectivity index (χ1n) is 6.37. The second-order valence-electron chi connectivity index (χ2n) is 7.83. The molecule has 6 fully saturated rings. The van der Waals surface area contributed by atoms with Crippen molar-refractivity contribution in [3.8, 4) is 0 Å². The first-order valence-corrected chi connectivity index (χ1v) is 6.37. The Kier molecular flexibility index (Phi) is 0.947. The van der Waals surface area contributed by atoms with E-state index in [1.54, 1.807) is 19.3 Å². The highest BCUT2D eigenvalue weighted by atomic mass is 14.9. The fraction of sp³-hybridized carbons (Fsp3) is 1.00. The van der Waals surface area contributed by atoms with Gasteiger partial charge in [0.1, 0.15) is 0 Å². The van der Waals surface area contributed by atoms with Gasteiger partial charge in [0.05, 0.1) is 0 Å². The van der Waals surface area contributed by atoms with Gasteiger partial charge in [0.25, 0.3) is 0 Å². The summed E-state index contributed by atoms with van der Waals surface area (Å²) in [7, 11) is 0. The predicted octanol–water partition coefficient (Wildman–Crippen LogP) is 3.86. The van der Waals surface area contributed by atoms with Crippen molar-refractivity contribution in [1.82, 2.24) is 0 Å². The molecule has 1 spiro atoms. The molecule has 0 nitrogen and oxygen atoms in total. The van der Waals surface area contributed by atoms with Crippen molar-refractivity contribution in [1.29, 1.82) is 0 Å². The van der Waals surface area contributed by atoms with E-state index < -0.39 is 0 Å². The van der Waals surface area contributed by atoms with Crippen LogP contribution in [0.4, 0.5) is 0 Å². The van der Waals surface area contributed by atoms with Gasteiger partial charge in [-0.25, -0.2) is 0 Å². The van der Waals surface area contributed by atoms with Gasteiger partial charge in [-0.15, -0.1) is 0 Å². The van der Waals surface area contributed by atoms with Gasteiger partial charge in [0, 0.05) is 0 Å². The number of hydrogen-bond acceptors (Lipinski definition) is 0. The third kappa shape index (κ3) is 0.447. The van der Waals surface area contributed by atoms with Crippen LogP contribution in [-0.2, 0) is 0 Å². The van der Waals surface area contributed by atoms with Gasteiger partial charge in [-0.2, -0.15) is 0 Å². The molecule has 0 heteroatoms. The number of rotatable bonds is 0. The van der Waals surface area contributed by atoms with Crippen LogP contribution >= 0.6 is 0 Å². The lowest BCUT2D eigenvalue weighted by atomic mass is 9.27. The molecule has 6 atom stereocenters. The molecule has 0 amide bonds. The maximum atomic E-state index is 2.62. The fourth-order valence-electron chi connectivity index (χ4n) is 7.37. The van der Waals surface area contributed by atoms with Crippen molar-refractivity contribution in [2.75, 3.05) is 0 Å². The molecule has 0 heterocycles. The van der Waals surface area contributed by atoms with Gasteiger partial charge < -0.3 is 0 Å². The van der Waals surface area contributed by atoms with Gasteiger partial charge in [-0.05, 0) is 59.2 Å². The van der Waals surface area contributed by atoms with Gasteiger partial charge >= 0.3 is 0 Å². The predicted molar refractivity (Wildman–Crippen MR) is 57.9 cm³/mol. The molecule has 6 saturated carbocycles. The van der Waals surface area contributed by atoms with Crippen molar-refractivity contribution in [2.45, 2.75) is 53.4 Å². The SMILES string of the molecule is CC1C2CC34CC2(C)CC(C)(C3)C14C. The van der Waals surface area contributed by atoms with Crippen LogP contribution in [0.15, 0.2) is 0 Å². The van der Waals surface area contributed by atoms with E-state index in [1.165, 1.54) is 6.42 Å². The third-order valence-corrected chi connectivity index (χ3v) is 7.64. The minimum absolute atomic E-state index is 0.715. The minimum atomic E-state index is 0.715. The van der Waals surface area contributed by atoms with E-state index in [-0.39, 0.29) is 0 Å². The van der Waals surface area contributed by atoms with E-state index in [0.29, 0.717) is 5.41 Å². The highest BCUT2D eigenvalue weighted by Gasteiger charge is 2.85. The summed E-state index contributed by atoms with van der Waals surface area (Å²) in [5.41, 5.74) is 2.98. The minimum Gasteiger partial charge on any atom is -0.0617 e. The lowest BCUT2D eigenvalue weighted by Crippen LogP contribution is -2.70. The molecular weight excluding hydrogens is 168 g/mol. The van der Waals surface area contributed by atoms with Crippen LogP contribution in [0, 0.1) is 33.5 Å². The Morgan fingerprint density at radius 2 is 1.71 bits per heavy atom. The summed E-state index contributed by atoms with van der Waals surface area (Å²) in [6, 6.07) is 0. The maximum absolute atomic E-state index is 2.62. The first kappa shape index (κ1) is 8.19. The van der Waals surface area contributed by atoms with Crippen LogP contribution in [0.3, 0.4) is 0 Å². The van der Waals surface area contributed by atoms with Crippen LogP contribution < -0.4 is 0 Å². The standard InChI is InChI=1S/C14H22/c1-9-10-5-14-7-11(10,2)6-12(3,8-14)13(9,14)4/h9-10H,5-8H2,1-4H3. The van der Waals surface area contributed by atoms with Crippen molar-refractivity contribution < 1.29 is 0 Å². The molecule has 0 aliphatic heterocycles. The maximum Gasteiger partial charge on any atom is -0.0186 e. The molecule has 6 unspecified atom stereocenters. The average Bonchev–Trinajstić information content (AvgIpc) is 2.38. The summed E-state index contributed by atoms with van der Waals surface area (Å²) >= 11 is 0. The molecule has 14 heavy (non-hydrogen) atoms. The van der Waals surface area contributed by atoms with Gasteiger partial charge in [-0.1, -0.05) is 27.7 Å². The Hall–Kier alpha value is 0. The van der Waals surface area contributed by atoms with Crippen molar-refractivity contribution in [3.63, 3.8) is 0 Å². The lowest BCUT2D eigenvalue weighted by molar-refractivity contribution is -0.289. The lowest BCUT2D eigenvalue weighted by Gasteiger charge is -2.77. The summed E-state index contributed by atoms with van der Waals surface area (Å²) in [6.45, 7) is 10.4. The Balaban J connectivity index is 2.00. The van der Waals surface area contributed by atoms with Gasteiger partial charge in [0.15, 0.2) is 0 Å². The van der Waals surface area contributed by atoms with Crippen LogP contribution in [0.2, 0.25) is 0 Å². The van der Waals surface area contributed by atoms with E-state index in [2.05, 4.69) is 27.7 Å². The van der Waals surface area contributed by atoms with Crippen LogP contribution in [-0.4, -0.2) is 0 Å². The second-order valence-corrected chi connectivity index (χ2v) is 7.83. The van der Waals surface area contributed by atoms with E-state index in [0.717, 1.165) is 28.1 Å². The second kappa shape index (κ2) is 1.62. The van der Waals surface area contributed by atoms with Crippen molar-refractivity contribution in [3.05, 3.63) is 0 Å². The molecule has 0 aromatic carbocycles. The molecule has 0 saturated heterocycles. The van der Waals surface area contributed by atoms with E-state index in [9.17, 15) is 0 Å². The Labute approximate surface area is 87.5 Å². The van der Waals surface area contributed by atoms with Crippen LogP contribution in [0.5, 0.6) is 0 Å². The molecule has 78 valence electrons. The topological polar surface area (TPSA) is 0 Å². The average molecular weight is 190 g/mol. The molecule has 0 radical (unpaired) electrons. The normalized spacial score (nSPS) is 78.0. The summed E-state index contributed by atoms with van der Waals surface area (Å²) < 4.78 is 0. The first-order chi connectivity index (χ1) is 6.37. The molecule has 5 bridgehead atoms. The van der Waals surface area contributed by atoms with Crippen LogP contribution in [0.25, 0.3) is 0 Å². The summed E-state index contributed by atoms with van der Waals surface area (Å²) in [4.78, 5) is 0. The van der Waals surface area contributed by atoms with Crippen LogP contribution in [0.1, 0.15) is 53.4 Å². The Morgan fingerprint density at radius 3 is 2.36 bits per heavy atom. The van der Waals surface area contributed by atoms with E-state index >= 15 is 0 Å². The summed E-state index contributed by atoms with van der Waals surface area (Å²) in [5, 5.41) is 0. The highest BCUT2D eigenvalue weighted by molar-refractivity contribution is 5.34. The summed E-state index contributed by atoms with van der Waals surface area (Å²) in [5.74, 6) is 2.08. The van der Waals surface area contributed by atoms with Gasteiger partial charge in [0.2, 0.25) is 0 Å². The van der Waals surface area contributed by atoms with E-state index in [1.807, 2.05) is 0 Å².